The molecule has 1 saturated heterocycles. The molecule has 1 aliphatic heterocycles. The molecule has 0 unspecified atom stereocenters. The van der Waals surface area contributed by atoms with Crippen LogP contribution in [-0.2, 0) is 16.1 Å². The molecule has 1 atom stereocenters. The van der Waals surface area contributed by atoms with E-state index < -0.39 is 0 Å². The van der Waals surface area contributed by atoms with Gasteiger partial charge in [-0.25, -0.2) is 0 Å². The Morgan fingerprint density at radius 1 is 1.60 bits per heavy atom. The van der Waals surface area contributed by atoms with Crippen LogP contribution in [-0.4, -0.2) is 46.4 Å². The maximum absolute atomic E-state index is 12.4. The first-order chi connectivity index (χ1) is 9.38. The van der Waals surface area contributed by atoms with Crippen molar-refractivity contribution in [3.05, 3.63) is 17.5 Å². The van der Waals surface area contributed by atoms with Crippen molar-refractivity contribution in [3.8, 4) is 0 Å². The van der Waals surface area contributed by atoms with Crippen LogP contribution in [0.1, 0.15) is 31.7 Å². The zero-order valence-electron chi connectivity index (χ0n) is 12.4. The third kappa shape index (κ3) is 3.00. The summed E-state index contributed by atoms with van der Waals surface area (Å²) < 4.78 is 4.99. The van der Waals surface area contributed by atoms with Gasteiger partial charge in [0.2, 0.25) is 11.8 Å². The number of carbonyl (C=O) groups excluding carboxylic acids is 2. The molecule has 0 aromatic carbocycles. The van der Waals surface area contributed by atoms with E-state index in [9.17, 15) is 9.59 Å². The molecule has 0 radical (unpaired) electrons. The maximum atomic E-state index is 12.4. The van der Waals surface area contributed by atoms with Crippen molar-refractivity contribution < 1.29 is 14.1 Å². The number of carbonyl (C=O) groups is 2. The van der Waals surface area contributed by atoms with Gasteiger partial charge < -0.3 is 14.3 Å². The van der Waals surface area contributed by atoms with Crippen LogP contribution in [0.25, 0.3) is 0 Å². The van der Waals surface area contributed by atoms with Crippen molar-refractivity contribution in [1.29, 1.82) is 0 Å². The van der Waals surface area contributed by atoms with E-state index in [1.807, 2.05) is 26.8 Å². The van der Waals surface area contributed by atoms with E-state index in [0.29, 0.717) is 19.5 Å². The lowest BCUT2D eigenvalue weighted by molar-refractivity contribution is -0.135. The largest absolute Gasteiger partial charge is 0.361 e. The van der Waals surface area contributed by atoms with Gasteiger partial charge in [0, 0.05) is 32.1 Å². The Bertz CT molecular complexity index is 510. The molecule has 1 aromatic rings. The minimum absolute atomic E-state index is 0.0119. The van der Waals surface area contributed by atoms with Gasteiger partial charge in [0.25, 0.3) is 0 Å². The lowest BCUT2D eigenvalue weighted by Gasteiger charge is -2.22. The van der Waals surface area contributed by atoms with Crippen LogP contribution in [0.2, 0.25) is 0 Å². The van der Waals surface area contributed by atoms with E-state index in [2.05, 4.69) is 5.16 Å². The summed E-state index contributed by atoms with van der Waals surface area (Å²) in [6.07, 6.45) is 0.305. The maximum Gasteiger partial charge on any atom is 0.228 e. The lowest BCUT2D eigenvalue weighted by atomic mass is 10.1. The molecule has 0 saturated carbocycles. The number of aromatic nitrogens is 1. The molecule has 2 heterocycles. The highest BCUT2D eigenvalue weighted by molar-refractivity contribution is 5.89. The van der Waals surface area contributed by atoms with Crippen LogP contribution < -0.4 is 0 Å². The molecule has 2 amide bonds. The first kappa shape index (κ1) is 14.6. The number of nitrogens with zero attached hydrogens (tertiary/aromatic N) is 3. The summed E-state index contributed by atoms with van der Waals surface area (Å²) in [6, 6.07) is 1.95. The van der Waals surface area contributed by atoms with E-state index in [-0.39, 0.29) is 23.8 Å². The Hall–Kier alpha value is -1.85. The fourth-order valence-corrected chi connectivity index (χ4v) is 2.52. The summed E-state index contributed by atoms with van der Waals surface area (Å²) in [5.41, 5.74) is 0.725. The van der Waals surface area contributed by atoms with E-state index in [0.717, 1.165) is 11.5 Å². The second-order valence-corrected chi connectivity index (χ2v) is 5.66. The Morgan fingerprint density at radius 3 is 2.80 bits per heavy atom. The molecular formula is C14H21N3O3. The predicted octanol–water partition coefficient (Wildman–Crippen LogP) is 1.20. The highest BCUT2D eigenvalue weighted by Crippen LogP contribution is 2.22. The number of aryl methyl sites for hydroxylation is 1. The highest BCUT2D eigenvalue weighted by Gasteiger charge is 2.36. The summed E-state index contributed by atoms with van der Waals surface area (Å²) >= 11 is 0. The molecule has 2 rings (SSSR count). The van der Waals surface area contributed by atoms with Gasteiger partial charge in [-0.1, -0.05) is 5.16 Å². The molecule has 6 heteroatoms. The average Bonchev–Trinajstić information content (AvgIpc) is 2.94. The normalized spacial score (nSPS) is 18.9. The van der Waals surface area contributed by atoms with Crippen LogP contribution in [0.3, 0.4) is 0 Å². The van der Waals surface area contributed by atoms with Gasteiger partial charge in [0.15, 0.2) is 0 Å². The number of amides is 2. The average molecular weight is 279 g/mol. The second kappa shape index (κ2) is 5.64. The summed E-state index contributed by atoms with van der Waals surface area (Å²) in [7, 11) is 1.73. The monoisotopic (exact) mass is 279 g/mol. The van der Waals surface area contributed by atoms with Crippen LogP contribution in [0.15, 0.2) is 10.6 Å². The van der Waals surface area contributed by atoms with Crippen molar-refractivity contribution in [1.82, 2.24) is 15.0 Å². The second-order valence-electron chi connectivity index (χ2n) is 5.66. The van der Waals surface area contributed by atoms with Crippen LogP contribution >= 0.6 is 0 Å². The summed E-state index contributed by atoms with van der Waals surface area (Å²) in [4.78, 5) is 27.6. The third-order valence-corrected chi connectivity index (χ3v) is 3.58. The molecule has 1 aliphatic rings. The number of likely N-dealkylation sites (tertiary alicyclic amines) is 1. The Labute approximate surface area is 118 Å². The number of hydrogen-bond donors (Lipinski definition) is 0. The van der Waals surface area contributed by atoms with Gasteiger partial charge in [-0.3, -0.25) is 9.59 Å². The fraction of sp³-hybridized carbons (Fsp3) is 0.643. The van der Waals surface area contributed by atoms with E-state index >= 15 is 0 Å². The van der Waals surface area contributed by atoms with Crippen LogP contribution in [0, 0.1) is 12.8 Å². The topological polar surface area (TPSA) is 66.7 Å². The molecule has 6 nitrogen and oxygen atoms in total. The van der Waals surface area contributed by atoms with Gasteiger partial charge in [0.1, 0.15) is 11.5 Å². The SMILES string of the molecule is Cc1cc(CN(C)C(=O)[C@@H]2CC(=O)N(C(C)C)C2)no1. The Kier molecular flexibility index (Phi) is 4.11. The number of hydrogen-bond acceptors (Lipinski definition) is 4. The van der Waals surface area contributed by atoms with Gasteiger partial charge >= 0.3 is 0 Å². The van der Waals surface area contributed by atoms with E-state index in [1.54, 1.807) is 16.8 Å². The van der Waals surface area contributed by atoms with Gasteiger partial charge in [-0.2, -0.15) is 0 Å². The minimum atomic E-state index is -0.247. The smallest absolute Gasteiger partial charge is 0.228 e. The van der Waals surface area contributed by atoms with Crippen molar-refractivity contribution in [2.75, 3.05) is 13.6 Å². The van der Waals surface area contributed by atoms with Crippen molar-refractivity contribution in [3.63, 3.8) is 0 Å². The van der Waals surface area contributed by atoms with Crippen molar-refractivity contribution in [2.24, 2.45) is 5.92 Å². The molecule has 1 fully saturated rings. The molecule has 1 aromatic heterocycles. The summed E-state index contributed by atoms with van der Waals surface area (Å²) in [5, 5.41) is 3.88. The van der Waals surface area contributed by atoms with Crippen molar-refractivity contribution in [2.45, 2.75) is 39.8 Å². The molecule has 0 spiro atoms. The standard InChI is InChI=1S/C14H21N3O3/c1-9(2)17-7-11(6-13(17)18)14(19)16(4)8-12-5-10(3)20-15-12/h5,9,11H,6-8H2,1-4H3/t11-/m1/s1. The zero-order valence-corrected chi connectivity index (χ0v) is 12.4. The Balaban J connectivity index is 1.96. The van der Waals surface area contributed by atoms with Crippen molar-refractivity contribution >= 4 is 11.8 Å². The third-order valence-electron chi connectivity index (χ3n) is 3.58. The molecular weight excluding hydrogens is 258 g/mol. The lowest BCUT2D eigenvalue weighted by Crippen LogP contribution is -2.36. The minimum Gasteiger partial charge on any atom is -0.361 e. The first-order valence-electron chi connectivity index (χ1n) is 6.85. The van der Waals surface area contributed by atoms with Crippen LogP contribution in [0.4, 0.5) is 0 Å². The van der Waals surface area contributed by atoms with Gasteiger partial charge in [-0.15, -0.1) is 0 Å². The molecule has 0 aliphatic carbocycles. The van der Waals surface area contributed by atoms with Gasteiger partial charge in [0.05, 0.1) is 12.5 Å². The molecule has 110 valence electrons. The fourth-order valence-electron chi connectivity index (χ4n) is 2.52. The molecule has 20 heavy (non-hydrogen) atoms. The zero-order chi connectivity index (χ0) is 14.9. The summed E-state index contributed by atoms with van der Waals surface area (Å²) in [6.45, 7) is 6.66. The van der Waals surface area contributed by atoms with E-state index in [4.69, 9.17) is 4.52 Å². The van der Waals surface area contributed by atoms with Gasteiger partial charge in [-0.05, 0) is 20.8 Å². The highest BCUT2D eigenvalue weighted by atomic mass is 16.5. The quantitative estimate of drug-likeness (QED) is 0.830. The predicted molar refractivity (Wildman–Crippen MR) is 72.7 cm³/mol. The molecule has 0 bridgehead atoms. The van der Waals surface area contributed by atoms with Crippen LogP contribution in [0.5, 0.6) is 0 Å². The Morgan fingerprint density at radius 2 is 2.30 bits per heavy atom. The molecule has 0 N–H and O–H groups in total. The summed E-state index contributed by atoms with van der Waals surface area (Å²) in [5.74, 6) is 0.525. The number of rotatable bonds is 4. The first-order valence-corrected chi connectivity index (χ1v) is 6.85. The van der Waals surface area contributed by atoms with E-state index in [1.165, 1.54) is 0 Å².